The predicted molar refractivity (Wildman–Crippen MR) is 67.1 cm³/mol. The van der Waals surface area contributed by atoms with Gasteiger partial charge in [-0.1, -0.05) is 0 Å². The van der Waals surface area contributed by atoms with Gasteiger partial charge in [0.2, 0.25) is 0 Å². The molecule has 19 heavy (non-hydrogen) atoms. The van der Waals surface area contributed by atoms with Crippen LogP contribution in [-0.4, -0.2) is 30.8 Å². The highest BCUT2D eigenvalue weighted by molar-refractivity contribution is 9.10. The number of benzene rings is 1. The van der Waals surface area contributed by atoms with Crippen molar-refractivity contribution >= 4 is 33.2 Å². The Morgan fingerprint density at radius 2 is 2.11 bits per heavy atom. The number of aliphatic hydroxyl groups is 1. The van der Waals surface area contributed by atoms with Crippen molar-refractivity contribution in [2.45, 2.75) is 12.3 Å². The topological polar surface area (TPSA) is 52.6 Å². The maximum Gasteiger partial charge on any atom is 0.405 e. The van der Waals surface area contributed by atoms with Crippen LogP contribution in [0.4, 0.5) is 24.5 Å². The third-order valence-corrected chi connectivity index (χ3v) is 3.38. The first-order valence-electron chi connectivity index (χ1n) is 5.29. The highest BCUT2D eigenvalue weighted by Crippen LogP contribution is 2.39. The van der Waals surface area contributed by atoms with Crippen molar-refractivity contribution < 1.29 is 23.1 Å². The van der Waals surface area contributed by atoms with Crippen molar-refractivity contribution in [3.63, 3.8) is 0 Å². The lowest BCUT2D eigenvalue weighted by atomic mass is 10.1. The van der Waals surface area contributed by atoms with E-state index in [0.29, 0.717) is 15.7 Å². The smallest absolute Gasteiger partial charge is 0.378 e. The first kappa shape index (κ1) is 14.1. The molecule has 0 bridgehead atoms. The van der Waals surface area contributed by atoms with Crippen LogP contribution >= 0.6 is 15.9 Å². The van der Waals surface area contributed by atoms with Crippen LogP contribution in [0.5, 0.6) is 0 Å². The summed E-state index contributed by atoms with van der Waals surface area (Å²) in [6.45, 7) is -1.11. The van der Waals surface area contributed by atoms with E-state index in [2.05, 4.69) is 21.2 Å². The summed E-state index contributed by atoms with van der Waals surface area (Å²) in [5.74, 6) is -0.586. The Balaban J connectivity index is 2.34. The Bertz CT molecular complexity index is 533. The van der Waals surface area contributed by atoms with Crippen LogP contribution in [0.15, 0.2) is 16.6 Å². The van der Waals surface area contributed by atoms with Crippen molar-refractivity contribution in [1.29, 1.82) is 0 Å². The number of rotatable bonds is 2. The zero-order chi connectivity index (χ0) is 14.4. The van der Waals surface area contributed by atoms with Gasteiger partial charge in [0.1, 0.15) is 6.54 Å². The first-order valence-corrected chi connectivity index (χ1v) is 6.08. The minimum absolute atomic E-state index is 0.283. The molecule has 0 spiro atoms. The fourth-order valence-electron chi connectivity index (χ4n) is 1.90. The fourth-order valence-corrected chi connectivity index (χ4v) is 2.56. The number of carbonyl (C=O) groups excluding carboxylic acids is 1. The number of hydrogen-bond acceptors (Lipinski definition) is 3. The molecule has 2 rings (SSSR count). The lowest BCUT2D eigenvalue weighted by Crippen LogP contribution is -2.31. The molecule has 1 heterocycles. The van der Waals surface area contributed by atoms with Gasteiger partial charge in [0, 0.05) is 22.8 Å². The third kappa shape index (κ3) is 2.84. The number of halogens is 4. The molecule has 1 aromatic carbocycles. The normalized spacial score (nSPS) is 18.2. The largest absolute Gasteiger partial charge is 0.405 e. The minimum Gasteiger partial charge on any atom is -0.378 e. The number of nitrogens with zero attached hydrogens (tertiary/aromatic N) is 1. The number of hydrogen-bond donors (Lipinski definition) is 2. The number of fused-ring (bicyclic) bond motifs is 1. The molecule has 0 fully saturated rings. The Morgan fingerprint density at radius 3 is 2.68 bits per heavy atom. The summed E-state index contributed by atoms with van der Waals surface area (Å²) in [4.78, 5) is 12.3. The second kappa shape index (κ2) is 4.68. The quantitative estimate of drug-likeness (QED) is 0.870. The summed E-state index contributed by atoms with van der Waals surface area (Å²) < 4.78 is 37.4. The first-order chi connectivity index (χ1) is 8.69. The minimum atomic E-state index is -4.32. The molecule has 1 aliphatic heterocycles. The van der Waals surface area contributed by atoms with Crippen LogP contribution in [0, 0.1) is 0 Å². The summed E-state index contributed by atoms with van der Waals surface area (Å²) in [5, 5.41) is 12.0. The van der Waals surface area contributed by atoms with Gasteiger partial charge in [-0.2, -0.15) is 13.2 Å². The highest BCUT2D eigenvalue weighted by Gasteiger charge is 2.33. The van der Waals surface area contributed by atoms with Crippen LogP contribution in [0.2, 0.25) is 0 Å². The molecular weight excluding hydrogens is 329 g/mol. The van der Waals surface area contributed by atoms with Crippen LogP contribution in [0.25, 0.3) is 0 Å². The van der Waals surface area contributed by atoms with E-state index in [1.165, 1.54) is 19.2 Å². The zero-order valence-corrected chi connectivity index (χ0v) is 11.3. The van der Waals surface area contributed by atoms with Gasteiger partial charge in [-0.25, -0.2) is 0 Å². The molecule has 8 heteroatoms. The number of amides is 1. The van der Waals surface area contributed by atoms with Gasteiger partial charge in [0.25, 0.3) is 5.91 Å². The van der Waals surface area contributed by atoms with Crippen LogP contribution in [0.3, 0.4) is 0 Å². The molecule has 0 saturated heterocycles. The molecule has 0 saturated carbocycles. The van der Waals surface area contributed by atoms with Crippen molar-refractivity contribution in [2.24, 2.45) is 0 Å². The Labute approximate surface area is 115 Å². The third-order valence-electron chi connectivity index (χ3n) is 2.75. The summed E-state index contributed by atoms with van der Waals surface area (Å²) >= 11 is 3.15. The second-order valence-electron chi connectivity index (χ2n) is 4.25. The molecule has 1 aromatic rings. The van der Waals surface area contributed by atoms with E-state index in [0.717, 1.165) is 4.90 Å². The number of nitrogens with one attached hydrogen (secondary N) is 1. The summed E-state index contributed by atoms with van der Waals surface area (Å²) in [6.07, 6.45) is -5.61. The predicted octanol–water partition coefficient (Wildman–Crippen LogP) is 2.43. The highest BCUT2D eigenvalue weighted by atomic mass is 79.9. The van der Waals surface area contributed by atoms with E-state index < -0.39 is 24.7 Å². The van der Waals surface area contributed by atoms with E-state index in [9.17, 15) is 23.1 Å². The standard InChI is InChI=1S/C11H10BrF3N2O2/c1-17(4-11(13,14)15)8-3-7-5(2-6(8)12)9(18)10(19)16-7/h2-3,9,18H,4H2,1H3,(H,16,19). The van der Waals surface area contributed by atoms with E-state index in [1.807, 2.05) is 0 Å². The van der Waals surface area contributed by atoms with Gasteiger partial charge in [0.15, 0.2) is 6.10 Å². The SMILES string of the molecule is CN(CC(F)(F)F)c1cc2c(cc1Br)C(O)C(=O)N2. The molecule has 1 aliphatic rings. The molecule has 2 N–H and O–H groups in total. The van der Waals surface area contributed by atoms with E-state index in [-0.39, 0.29) is 5.69 Å². The van der Waals surface area contributed by atoms with E-state index >= 15 is 0 Å². The number of carbonyl (C=O) groups is 1. The molecule has 0 radical (unpaired) electrons. The number of anilines is 2. The number of aliphatic hydroxyl groups excluding tert-OH is 1. The van der Waals surface area contributed by atoms with Crippen LogP contribution < -0.4 is 10.2 Å². The number of alkyl halides is 3. The van der Waals surface area contributed by atoms with Crippen molar-refractivity contribution in [3.05, 3.63) is 22.2 Å². The maximum atomic E-state index is 12.4. The summed E-state index contributed by atoms with van der Waals surface area (Å²) in [5.41, 5.74) is 0.955. The Hall–Kier alpha value is -1.28. The zero-order valence-electron chi connectivity index (χ0n) is 9.75. The second-order valence-corrected chi connectivity index (χ2v) is 5.11. The molecule has 1 unspecified atom stereocenters. The molecule has 0 aliphatic carbocycles. The van der Waals surface area contributed by atoms with Crippen LogP contribution in [-0.2, 0) is 4.79 Å². The van der Waals surface area contributed by atoms with Gasteiger partial charge >= 0.3 is 6.18 Å². The van der Waals surface area contributed by atoms with Crippen LogP contribution in [0.1, 0.15) is 11.7 Å². The molecule has 104 valence electrons. The molecule has 1 amide bonds. The Kier molecular flexibility index (Phi) is 3.48. The molecule has 4 nitrogen and oxygen atoms in total. The van der Waals surface area contributed by atoms with E-state index in [4.69, 9.17) is 0 Å². The average molecular weight is 339 g/mol. The fraction of sp³-hybridized carbons (Fsp3) is 0.364. The maximum absolute atomic E-state index is 12.4. The van der Waals surface area contributed by atoms with Gasteiger partial charge in [-0.3, -0.25) is 4.79 Å². The summed E-state index contributed by atoms with van der Waals surface area (Å²) in [7, 11) is 1.30. The summed E-state index contributed by atoms with van der Waals surface area (Å²) in [6, 6.07) is 2.85. The monoisotopic (exact) mass is 338 g/mol. The van der Waals surface area contributed by atoms with Gasteiger partial charge in [0.05, 0.1) is 5.69 Å². The van der Waals surface area contributed by atoms with Gasteiger partial charge in [-0.15, -0.1) is 0 Å². The van der Waals surface area contributed by atoms with Crippen molar-refractivity contribution in [1.82, 2.24) is 0 Å². The average Bonchev–Trinajstić information content (AvgIpc) is 2.52. The molecule has 0 aromatic heterocycles. The lowest BCUT2D eigenvalue weighted by Gasteiger charge is -2.23. The van der Waals surface area contributed by atoms with Crippen molar-refractivity contribution in [3.8, 4) is 0 Å². The van der Waals surface area contributed by atoms with Crippen molar-refractivity contribution in [2.75, 3.05) is 23.8 Å². The van der Waals surface area contributed by atoms with Gasteiger partial charge in [-0.05, 0) is 28.1 Å². The Morgan fingerprint density at radius 1 is 1.47 bits per heavy atom. The van der Waals surface area contributed by atoms with Gasteiger partial charge < -0.3 is 15.3 Å². The molecular formula is C11H10BrF3N2O2. The van der Waals surface area contributed by atoms with E-state index in [1.54, 1.807) is 0 Å². The lowest BCUT2D eigenvalue weighted by molar-refractivity contribution is -0.123. The molecule has 1 atom stereocenters.